The van der Waals surface area contributed by atoms with Crippen LogP contribution in [0.2, 0.25) is 0 Å². The summed E-state index contributed by atoms with van der Waals surface area (Å²) in [5.74, 6) is -4.63. The van der Waals surface area contributed by atoms with Crippen molar-refractivity contribution in [2.75, 3.05) is 13.2 Å². The molecule has 0 aromatic rings. The van der Waals surface area contributed by atoms with Crippen LogP contribution >= 0.6 is 0 Å². The fraction of sp³-hybridized carbons (Fsp3) is 0.917. The molecule has 0 radical (unpaired) electrons. The second kappa shape index (κ2) is 17.3. The minimum atomic E-state index is -1.68. The van der Waals surface area contributed by atoms with Crippen LogP contribution in [-0.2, 0) is 57.1 Å². The van der Waals surface area contributed by atoms with Crippen molar-refractivity contribution in [3.63, 3.8) is 0 Å². The lowest BCUT2D eigenvalue weighted by Gasteiger charge is -2.65. The van der Waals surface area contributed by atoms with Gasteiger partial charge in [0.1, 0.15) is 30.8 Å². The molecule has 19 heteroatoms. The molecule has 3 aliphatic heterocycles. The summed E-state index contributed by atoms with van der Waals surface area (Å²) < 4.78 is 49.4. The highest BCUT2D eigenvalue weighted by Gasteiger charge is 2.85. The van der Waals surface area contributed by atoms with E-state index in [0.29, 0.717) is 38.5 Å². The third kappa shape index (κ3) is 8.15. The number of fused-ring (bicyclic) bond motifs is 2. The average molecular weight is 955 g/mol. The van der Waals surface area contributed by atoms with Crippen molar-refractivity contribution in [2.24, 2.45) is 44.8 Å². The molecule has 8 rings (SSSR count). The van der Waals surface area contributed by atoms with Crippen LogP contribution in [0.4, 0.5) is 0 Å². The molecule has 380 valence electrons. The lowest BCUT2D eigenvalue weighted by atomic mass is 9.41. The molecule has 3 heterocycles. The molecular weight excluding hydrogens is 881 g/mol. The van der Waals surface area contributed by atoms with Gasteiger partial charge in [-0.05, 0) is 117 Å². The van der Waals surface area contributed by atoms with Gasteiger partial charge in [0, 0.05) is 19.8 Å². The Hall–Kier alpha value is -2.56. The highest BCUT2D eigenvalue weighted by atomic mass is 16.7. The fourth-order valence-corrected chi connectivity index (χ4v) is 15.9. The van der Waals surface area contributed by atoms with Gasteiger partial charge in [-0.1, -0.05) is 27.7 Å². The molecule has 8 aliphatic rings. The molecule has 21 unspecified atom stereocenters. The molecular formula is C48H74O19. The number of carbonyl (C=O) groups excluding carboxylic acids is 3. The molecule has 19 nitrogen and oxygen atoms in total. The molecule has 3 saturated heterocycles. The third-order valence-corrected chi connectivity index (χ3v) is 18.7. The van der Waals surface area contributed by atoms with Gasteiger partial charge in [0.25, 0.3) is 0 Å². The van der Waals surface area contributed by atoms with Gasteiger partial charge in [-0.3, -0.25) is 19.2 Å². The zero-order chi connectivity index (χ0) is 49.2. The molecule has 0 aromatic heterocycles. The van der Waals surface area contributed by atoms with Crippen molar-refractivity contribution in [1.82, 2.24) is 0 Å². The van der Waals surface area contributed by atoms with Crippen molar-refractivity contribution >= 4 is 23.9 Å². The van der Waals surface area contributed by atoms with Gasteiger partial charge >= 0.3 is 23.9 Å². The maximum atomic E-state index is 12.6. The second-order valence-corrected chi connectivity index (χ2v) is 23.3. The maximum Gasteiger partial charge on any atom is 0.317 e. The molecule has 0 bridgehead atoms. The minimum absolute atomic E-state index is 0.00757. The van der Waals surface area contributed by atoms with Crippen LogP contribution in [0.15, 0.2) is 0 Å². The number of carboxylic acid groups (broad SMARTS) is 1. The van der Waals surface area contributed by atoms with Gasteiger partial charge in [-0.2, -0.15) is 0 Å². The van der Waals surface area contributed by atoms with E-state index in [4.69, 9.17) is 37.9 Å². The Bertz CT molecular complexity index is 1920. The first-order valence-corrected chi connectivity index (χ1v) is 24.2. The van der Waals surface area contributed by atoms with Crippen molar-refractivity contribution < 1.29 is 92.8 Å². The number of hydrogen-bond donors (Lipinski definition) is 7. The normalized spacial score (nSPS) is 49.9. The van der Waals surface area contributed by atoms with Crippen molar-refractivity contribution in [3.8, 4) is 0 Å². The van der Waals surface area contributed by atoms with E-state index in [9.17, 15) is 54.9 Å². The van der Waals surface area contributed by atoms with Gasteiger partial charge in [0.05, 0.1) is 48.8 Å². The third-order valence-electron chi connectivity index (χ3n) is 18.7. The molecule has 21 atom stereocenters. The summed E-state index contributed by atoms with van der Waals surface area (Å²) in [7, 11) is 0. The Balaban J connectivity index is 1.13. The summed E-state index contributed by atoms with van der Waals surface area (Å²) >= 11 is 0. The van der Waals surface area contributed by atoms with Crippen molar-refractivity contribution in [1.29, 1.82) is 0 Å². The van der Waals surface area contributed by atoms with Crippen LogP contribution in [0.25, 0.3) is 0 Å². The van der Waals surface area contributed by atoms with E-state index in [1.54, 1.807) is 13.8 Å². The van der Waals surface area contributed by atoms with Crippen LogP contribution in [0.3, 0.4) is 0 Å². The lowest BCUT2D eigenvalue weighted by molar-refractivity contribution is -0.339. The molecule has 0 amide bonds. The zero-order valence-corrected chi connectivity index (χ0v) is 40.3. The molecule has 7 N–H and O–H groups in total. The molecule has 5 aliphatic carbocycles. The van der Waals surface area contributed by atoms with Gasteiger partial charge in [-0.15, -0.1) is 0 Å². The maximum absolute atomic E-state index is 12.6. The topological polar surface area (TPSA) is 284 Å². The van der Waals surface area contributed by atoms with E-state index in [2.05, 4.69) is 34.6 Å². The number of rotatable bonds is 12. The summed E-state index contributed by atoms with van der Waals surface area (Å²) in [6, 6.07) is 0. The Kier molecular flexibility index (Phi) is 13.1. The molecule has 67 heavy (non-hydrogen) atoms. The van der Waals surface area contributed by atoms with E-state index in [-0.39, 0.29) is 41.3 Å². The predicted octanol–water partition coefficient (Wildman–Crippen LogP) is 1.89. The predicted molar refractivity (Wildman–Crippen MR) is 229 cm³/mol. The number of esters is 3. The number of aliphatic carboxylic acids is 1. The summed E-state index contributed by atoms with van der Waals surface area (Å²) in [5, 5.41) is 75.8. The van der Waals surface area contributed by atoms with Crippen molar-refractivity contribution in [3.05, 3.63) is 0 Å². The summed E-state index contributed by atoms with van der Waals surface area (Å²) in [6.45, 7) is 15.6. The van der Waals surface area contributed by atoms with Gasteiger partial charge in [0.15, 0.2) is 30.9 Å². The molecule has 0 aromatic carbocycles. The number of hydrogen-bond acceptors (Lipinski definition) is 18. The first kappa shape index (κ1) is 50.8. The van der Waals surface area contributed by atoms with Gasteiger partial charge in [-0.25, -0.2) is 0 Å². The van der Waals surface area contributed by atoms with E-state index in [1.807, 2.05) is 0 Å². The lowest BCUT2D eigenvalue weighted by Crippen LogP contribution is -2.65. The highest BCUT2D eigenvalue weighted by molar-refractivity contribution is 5.90. The van der Waals surface area contributed by atoms with Crippen LogP contribution < -0.4 is 0 Å². The standard InChI is InChI=1S/C48H74O19/c1-22(50)61-36-27(63-32(55)17-31(53)54)20-60-41(37(36)62-23(2)51)66-29-11-13-48-21-47(48)15-14-44(7)38(46(9)12-10-30(67-46)43(5,6)59)24(52)18-45(44,8)28(47)16-25(39(48)42(29,3)4)64-40-35(58)34(57)33(56)26(19-49)65-40/h24-30,33-41,49,52,56-59H,10-21H2,1-9H3,(H,53,54). The Morgan fingerprint density at radius 3 is 2.03 bits per heavy atom. The number of ether oxygens (including phenoxy) is 8. The minimum Gasteiger partial charge on any atom is -0.481 e. The smallest absolute Gasteiger partial charge is 0.317 e. The molecule has 5 saturated carbocycles. The average Bonchev–Trinajstić information content (AvgIpc) is 3.58. The monoisotopic (exact) mass is 954 g/mol. The quantitative estimate of drug-likeness (QED) is 0.0636. The fourth-order valence-electron chi connectivity index (χ4n) is 15.9. The zero-order valence-electron chi connectivity index (χ0n) is 40.3. The second-order valence-electron chi connectivity index (χ2n) is 23.3. The van der Waals surface area contributed by atoms with Gasteiger partial charge < -0.3 is 73.6 Å². The van der Waals surface area contributed by atoms with Crippen LogP contribution in [0.1, 0.15) is 127 Å². The first-order chi connectivity index (χ1) is 31.1. The van der Waals surface area contributed by atoms with Crippen LogP contribution in [0, 0.1) is 44.8 Å². The van der Waals surface area contributed by atoms with E-state index >= 15 is 0 Å². The summed E-state index contributed by atoms with van der Waals surface area (Å²) in [5.41, 5.74) is -3.87. The number of aliphatic hydroxyl groups is 6. The Morgan fingerprint density at radius 2 is 1.42 bits per heavy atom. The Morgan fingerprint density at radius 1 is 0.746 bits per heavy atom. The van der Waals surface area contributed by atoms with Crippen molar-refractivity contribution in [2.45, 2.75) is 217 Å². The van der Waals surface area contributed by atoms with Gasteiger partial charge in [0.2, 0.25) is 0 Å². The highest BCUT2D eigenvalue weighted by Crippen LogP contribution is 2.89. The number of carbonyl (C=O) groups is 4. The van der Waals surface area contributed by atoms with Crippen LogP contribution in [0.5, 0.6) is 0 Å². The molecule has 2 spiro atoms. The number of carboxylic acids is 1. The number of aliphatic hydroxyl groups excluding tert-OH is 5. The molecule has 8 fully saturated rings. The summed E-state index contributed by atoms with van der Waals surface area (Å²) in [6.07, 6.45) is -10.4. The largest absolute Gasteiger partial charge is 0.481 e. The van der Waals surface area contributed by atoms with Crippen LogP contribution in [-0.4, -0.2) is 164 Å². The Labute approximate surface area is 391 Å². The first-order valence-electron chi connectivity index (χ1n) is 24.2. The summed E-state index contributed by atoms with van der Waals surface area (Å²) in [4.78, 5) is 48.9. The van der Waals surface area contributed by atoms with E-state index in [1.165, 1.54) is 0 Å². The van der Waals surface area contributed by atoms with E-state index < -0.39 is 138 Å². The SMILES string of the molecule is CC(=O)OC1C(OC(=O)CC(=O)O)COC(OC2CCC34CC35CCC3(C)C(C6(C)CCC(C(C)(C)O)O6)C(O)CC3(C)C5CC(OC3OC(CO)C(O)C(O)C3O)C4C2(C)C)C1OC(C)=O. The van der Waals surface area contributed by atoms with E-state index in [0.717, 1.165) is 33.1 Å².